The van der Waals surface area contributed by atoms with Crippen LogP contribution in [-0.2, 0) is 6.54 Å². The number of hydrazine groups is 1. The maximum atomic E-state index is 5.77. The minimum atomic E-state index is -0.0495. The number of hydrogen-bond donors (Lipinski definition) is 2. The summed E-state index contributed by atoms with van der Waals surface area (Å²) < 4.78 is 3.09. The standard InChI is InChI=1S/C14H19BrN4/c1-3-9-19-13(7-8-17-19)14(18-16)11-5-4-6-12(15)10(11)2/h4-8,14,18H,3,9,16H2,1-2H3. The highest BCUT2D eigenvalue weighted by atomic mass is 79.9. The topological polar surface area (TPSA) is 55.9 Å². The number of benzene rings is 1. The van der Waals surface area contributed by atoms with Crippen LogP contribution in [0.4, 0.5) is 0 Å². The maximum absolute atomic E-state index is 5.77. The van der Waals surface area contributed by atoms with Crippen molar-refractivity contribution in [1.82, 2.24) is 15.2 Å². The molecule has 102 valence electrons. The average molecular weight is 323 g/mol. The van der Waals surface area contributed by atoms with E-state index in [0.717, 1.165) is 28.7 Å². The first-order chi connectivity index (χ1) is 9.19. The molecule has 0 spiro atoms. The molecule has 4 nitrogen and oxygen atoms in total. The van der Waals surface area contributed by atoms with Gasteiger partial charge < -0.3 is 0 Å². The number of hydrogen-bond acceptors (Lipinski definition) is 3. The van der Waals surface area contributed by atoms with Gasteiger partial charge in [-0.1, -0.05) is 35.0 Å². The number of nitrogens with two attached hydrogens (primary N) is 1. The van der Waals surface area contributed by atoms with E-state index < -0.39 is 0 Å². The lowest BCUT2D eigenvalue weighted by atomic mass is 9.99. The Kier molecular flexibility index (Phi) is 4.74. The number of aromatic nitrogens is 2. The number of halogens is 1. The van der Waals surface area contributed by atoms with E-state index in [9.17, 15) is 0 Å². The summed E-state index contributed by atoms with van der Waals surface area (Å²) in [5.74, 6) is 5.77. The molecule has 0 amide bonds. The van der Waals surface area contributed by atoms with Crippen molar-refractivity contribution < 1.29 is 0 Å². The van der Waals surface area contributed by atoms with Gasteiger partial charge in [0.05, 0.1) is 11.7 Å². The van der Waals surface area contributed by atoms with E-state index in [0.29, 0.717) is 0 Å². The molecule has 2 aromatic rings. The summed E-state index contributed by atoms with van der Waals surface area (Å²) in [5, 5.41) is 4.36. The van der Waals surface area contributed by atoms with Crippen molar-refractivity contribution in [3.63, 3.8) is 0 Å². The zero-order chi connectivity index (χ0) is 13.8. The molecule has 0 radical (unpaired) electrons. The summed E-state index contributed by atoms with van der Waals surface area (Å²) in [6.07, 6.45) is 2.87. The van der Waals surface area contributed by atoms with Crippen LogP contribution in [0, 0.1) is 6.92 Å². The Morgan fingerprint density at radius 2 is 2.21 bits per heavy atom. The third-order valence-corrected chi connectivity index (χ3v) is 4.13. The Morgan fingerprint density at radius 1 is 1.42 bits per heavy atom. The summed E-state index contributed by atoms with van der Waals surface area (Å²) >= 11 is 3.57. The first kappa shape index (κ1) is 14.2. The highest BCUT2D eigenvalue weighted by molar-refractivity contribution is 9.10. The Labute approximate surface area is 122 Å². The third kappa shape index (κ3) is 2.88. The van der Waals surface area contributed by atoms with Crippen molar-refractivity contribution in [2.24, 2.45) is 5.84 Å². The van der Waals surface area contributed by atoms with Crippen molar-refractivity contribution in [3.05, 3.63) is 51.8 Å². The van der Waals surface area contributed by atoms with Crippen LogP contribution in [-0.4, -0.2) is 9.78 Å². The molecule has 0 bridgehead atoms. The number of aryl methyl sites for hydroxylation is 1. The minimum Gasteiger partial charge on any atom is -0.271 e. The molecule has 0 aliphatic carbocycles. The van der Waals surface area contributed by atoms with Gasteiger partial charge in [-0.15, -0.1) is 0 Å². The van der Waals surface area contributed by atoms with Gasteiger partial charge >= 0.3 is 0 Å². The maximum Gasteiger partial charge on any atom is 0.0881 e. The fourth-order valence-corrected chi connectivity index (χ4v) is 2.64. The van der Waals surface area contributed by atoms with Crippen LogP contribution in [0.3, 0.4) is 0 Å². The van der Waals surface area contributed by atoms with E-state index in [1.54, 1.807) is 0 Å². The number of rotatable bonds is 5. The quantitative estimate of drug-likeness (QED) is 0.657. The van der Waals surface area contributed by atoms with E-state index in [4.69, 9.17) is 5.84 Å². The van der Waals surface area contributed by atoms with E-state index in [-0.39, 0.29) is 6.04 Å². The smallest absolute Gasteiger partial charge is 0.0881 e. The van der Waals surface area contributed by atoms with Gasteiger partial charge in [-0.05, 0) is 36.6 Å². The fraction of sp³-hybridized carbons (Fsp3) is 0.357. The lowest BCUT2D eigenvalue weighted by molar-refractivity contribution is 0.520. The lowest BCUT2D eigenvalue weighted by Gasteiger charge is -2.20. The lowest BCUT2D eigenvalue weighted by Crippen LogP contribution is -2.31. The van der Waals surface area contributed by atoms with Gasteiger partial charge in [-0.3, -0.25) is 10.5 Å². The summed E-state index contributed by atoms with van der Waals surface area (Å²) in [7, 11) is 0. The van der Waals surface area contributed by atoms with Gasteiger partial charge in [0.1, 0.15) is 0 Å². The molecule has 19 heavy (non-hydrogen) atoms. The van der Waals surface area contributed by atoms with E-state index in [2.05, 4.69) is 46.4 Å². The molecule has 1 heterocycles. The van der Waals surface area contributed by atoms with Crippen LogP contribution in [0.1, 0.15) is 36.2 Å². The Bertz CT molecular complexity index is 550. The van der Waals surface area contributed by atoms with E-state index in [1.807, 2.05) is 29.1 Å². The monoisotopic (exact) mass is 322 g/mol. The fourth-order valence-electron chi connectivity index (χ4n) is 2.26. The zero-order valence-electron chi connectivity index (χ0n) is 11.2. The number of nitrogens with one attached hydrogen (secondary N) is 1. The molecular weight excluding hydrogens is 304 g/mol. The number of nitrogens with zero attached hydrogens (tertiary/aromatic N) is 2. The van der Waals surface area contributed by atoms with Crippen molar-refractivity contribution >= 4 is 15.9 Å². The Hall–Kier alpha value is -1.17. The summed E-state index contributed by atoms with van der Waals surface area (Å²) in [5.41, 5.74) is 6.35. The third-order valence-electron chi connectivity index (χ3n) is 3.27. The molecule has 0 fully saturated rings. The molecule has 0 aliphatic heterocycles. The van der Waals surface area contributed by atoms with E-state index in [1.165, 1.54) is 5.56 Å². The molecule has 5 heteroatoms. The molecule has 2 rings (SSSR count). The Morgan fingerprint density at radius 3 is 2.89 bits per heavy atom. The van der Waals surface area contributed by atoms with Crippen molar-refractivity contribution in [2.75, 3.05) is 0 Å². The van der Waals surface area contributed by atoms with Crippen molar-refractivity contribution in [1.29, 1.82) is 0 Å². The predicted octanol–water partition coefficient (Wildman–Crippen LogP) is 2.92. The van der Waals surface area contributed by atoms with Crippen LogP contribution in [0.2, 0.25) is 0 Å². The highest BCUT2D eigenvalue weighted by Gasteiger charge is 2.19. The minimum absolute atomic E-state index is 0.0495. The summed E-state index contributed by atoms with van der Waals surface area (Å²) in [6.45, 7) is 5.12. The van der Waals surface area contributed by atoms with Gasteiger partial charge in [0.25, 0.3) is 0 Å². The largest absolute Gasteiger partial charge is 0.271 e. The predicted molar refractivity (Wildman–Crippen MR) is 80.6 cm³/mol. The molecule has 1 aromatic carbocycles. The highest BCUT2D eigenvalue weighted by Crippen LogP contribution is 2.28. The molecular formula is C14H19BrN4. The molecule has 1 aromatic heterocycles. The van der Waals surface area contributed by atoms with Crippen LogP contribution < -0.4 is 11.3 Å². The van der Waals surface area contributed by atoms with Crippen molar-refractivity contribution in [3.8, 4) is 0 Å². The van der Waals surface area contributed by atoms with Gasteiger partial charge in [0.2, 0.25) is 0 Å². The average Bonchev–Trinajstić information content (AvgIpc) is 2.84. The van der Waals surface area contributed by atoms with Gasteiger partial charge in [0, 0.05) is 17.2 Å². The first-order valence-electron chi connectivity index (χ1n) is 6.41. The van der Waals surface area contributed by atoms with Crippen LogP contribution in [0.15, 0.2) is 34.9 Å². The Balaban J connectivity index is 2.44. The summed E-state index contributed by atoms with van der Waals surface area (Å²) in [4.78, 5) is 0. The second-order valence-electron chi connectivity index (χ2n) is 4.53. The molecule has 1 unspecified atom stereocenters. The van der Waals surface area contributed by atoms with Crippen LogP contribution >= 0.6 is 15.9 Å². The van der Waals surface area contributed by atoms with Gasteiger partial charge in [-0.2, -0.15) is 5.10 Å². The second-order valence-corrected chi connectivity index (χ2v) is 5.39. The van der Waals surface area contributed by atoms with Gasteiger partial charge in [0.15, 0.2) is 0 Å². The van der Waals surface area contributed by atoms with Gasteiger partial charge in [-0.25, -0.2) is 5.43 Å². The van der Waals surface area contributed by atoms with Crippen LogP contribution in [0.5, 0.6) is 0 Å². The molecule has 1 atom stereocenters. The van der Waals surface area contributed by atoms with E-state index >= 15 is 0 Å². The second kappa shape index (κ2) is 6.32. The molecule has 0 aliphatic rings. The zero-order valence-corrected chi connectivity index (χ0v) is 12.8. The van der Waals surface area contributed by atoms with Crippen LogP contribution in [0.25, 0.3) is 0 Å². The SMILES string of the molecule is CCCn1nccc1C(NN)c1cccc(Br)c1C. The normalized spacial score (nSPS) is 12.6. The first-order valence-corrected chi connectivity index (χ1v) is 7.21. The summed E-state index contributed by atoms with van der Waals surface area (Å²) in [6, 6.07) is 8.12. The molecule has 3 N–H and O–H groups in total. The molecule has 0 saturated carbocycles. The van der Waals surface area contributed by atoms with Crippen molar-refractivity contribution in [2.45, 2.75) is 32.9 Å². The molecule has 0 saturated heterocycles.